The first kappa shape index (κ1) is 19.3. The number of halogens is 2. The molecule has 1 atom stereocenters. The minimum atomic E-state index is -0.686. The van der Waals surface area contributed by atoms with Crippen molar-refractivity contribution in [2.75, 3.05) is 5.32 Å². The van der Waals surface area contributed by atoms with Gasteiger partial charge < -0.3 is 16.0 Å². The van der Waals surface area contributed by atoms with Crippen molar-refractivity contribution in [3.8, 4) is 0 Å². The molecule has 7 heteroatoms. The molecule has 140 valence electrons. The van der Waals surface area contributed by atoms with Crippen molar-refractivity contribution in [3.63, 3.8) is 0 Å². The van der Waals surface area contributed by atoms with Gasteiger partial charge in [-0.15, -0.1) is 0 Å². The zero-order chi connectivity index (χ0) is 19.7. The monoisotopic (exact) mass is 403 g/mol. The Labute approximate surface area is 167 Å². The minimum absolute atomic E-state index is 0.315. The van der Waals surface area contributed by atoms with Crippen molar-refractivity contribution in [1.82, 2.24) is 10.6 Å². The van der Waals surface area contributed by atoms with E-state index in [0.29, 0.717) is 26.9 Å². The molecule has 1 heterocycles. The predicted molar refractivity (Wildman–Crippen MR) is 108 cm³/mol. The van der Waals surface area contributed by atoms with E-state index >= 15 is 0 Å². The lowest BCUT2D eigenvalue weighted by Gasteiger charge is -2.29. The maximum absolute atomic E-state index is 13.1. The molecule has 0 aromatic heterocycles. The van der Waals surface area contributed by atoms with Crippen LogP contribution in [-0.4, -0.2) is 11.9 Å². The van der Waals surface area contributed by atoms with Crippen molar-refractivity contribution >= 4 is 40.8 Å². The summed E-state index contributed by atoms with van der Waals surface area (Å²) in [4.78, 5) is 25.1. The summed E-state index contributed by atoms with van der Waals surface area (Å²) >= 11 is 12.3. The van der Waals surface area contributed by atoms with Crippen LogP contribution in [0.3, 0.4) is 0 Å². The summed E-state index contributed by atoms with van der Waals surface area (Å²) in [6, 6.07) is 9.59. The fraction of sp³-hybridized carbons (Fsp3) is 0.200. The summed E-state index contributed by atoms with van der Waals surface area (Å²) in [6.07, 6.45) is 0. The quantitative estimate of drug-likeness (QED) is 0.683. The molecule has 5 nitrogen and oxygen atoms in total. The van der Waals surface area contributed by atoms with Crippen LogP contribution in [0, 0.1) is 13.8 Å². The van der Waals surface area contributed by atoms with Gasteiger partial charge in [-0.3, -0.25) is 4.79 Å². The van der Waals surface area contributed by atoms with Crippen molar-refractivity contribution in [1.29, 1.82) is 0 Å². The summed E-state index contributed by atoms with van der Waals surface area (Å²) < 4.78 is 0. The zero-order valence-electron chi connectivity index (χ0n) is 15.1. The van der Waals surface area contributed by atoms with E-state index in [9.17, 15) is 9.59 Å². The molecule has 0 aliphatic carbocycles. The molecule has 0 fully saturated rings. The third-order valence-corrected chi connectivity index (χ3v) is 5.20. The van der Waals surface area contributed by atoms with Crippen LogP contribution in [0.15, 0.2) is 47.7 Å². The fourth-order valence-corrected chi connectivity index (χ4v) is 3.56. The standard InChI is InChI=1S/C20H19Cl2N3O2/c1-10-5-4-6-16(11(10)2)24-19(26)17-12(3)23-20(27)25-18(17)14-8-7-13(21)9-15(14)22/h4-9,18H,1-3H3,(H,24,26)(H2,23,25,27)/t18-/m0/s1. The van der Waals surface area contributed by atoms with Gasteiger partial charge in [0.15, 0.2) is 0 Å². The Hall–Kier alpha value is -2.50. The normalized spacial score (nSPS) is 16.6. The lowest BCUT2D eigenvalue weighted by Crippen LogP contribution is -2.46. The van der Waals surface area contributed by atoms with Gasteiger partial charge in [0.1, 0.15) is 0 Å². The SMILES string of the molecule is CC1=C(C(=O)Nc2cccc(C)c2C)[C@H](c2ccc(Cl)cc2Cl)NC(=O)N1. The van der Waals surface area contributed by atoms with Gasteiger partial charge >= 0.3 is 6.03 Å². The zero-order valence-corrected chi connectivity index (χ0v) is 16.6. The Balaban J connectivity index is 2.01. The average molecular weight is 404 g/mol. The summed E-state index contributed by atoms with van der Waals surface area (Å²) in [5.41, 5.74) is 4.24. The van der Waals surface area contributed by atoms with E-state index in [1.807, 2.05) is 32.0 Å². The molecule has 1 aliphatic heterocycles. The molecule has 0 saturated carbocycles. The number of rotatable bonds is 3. The first-order valence-electron chi connectivity index (χ1n) is 8.38. The number of amides is 3. The Morgan fingerprint density at radius 3 is 2.56 bits per heavy atom. The number of nitrogens with one attached hydrogen (secondary N) is 3. The number of anilines is 1. The smallest absolute Gasteiger partial charge is 0.319 e. The van der Waals surface area contributed by atoms with Crippen LogP contribution in [-0.2, 0) is 4.79 Å². The maximum Gasteiger partial charge on any atom is 0.319 e. The van der Waals surface area contributed by atoms with E-state index < -0.39 is 12.1 Å². The number of carbonyl (C=O) groups is 2. The van der Waals surface area contributed by atoms with Gasteiger partial charge in [0.25, 0.3) is 5.91 Å². The average Bonchev–Trinajstić information content (AvgIpc) is 2.58. The molecule has 0 radical (unpaired) electrons. The number of hydrogen-bond donors (Lipinski definition) is 3. The Bertz CT molecular complexity index is 970. The molecule has 3 N–H and O–H groups in total. The van der Waals surface area contributed by atoms with E-state index in [-0.39, 0.29) is 5.91 Å². The second kappa shape index (κ2) is 7.62. The Morgan fingerprint density at radius 2 is 1.85 bits per heavy atom. The first-order chi connectivity index (χ1) is 12.8. The van der Waals surface area contributed by atoms with Crippen molar-refractivity contribution < 1.29 is 9.59 Å². The van der Waals surface area contributed by atoms with Gasteiger partial charge in [0.2, 0.25) is 0 Å². The number of carbonyl (C=O) groups excluding carboxylic acids is 2. The lowest BCUT2D eigenvalue weighted by molar-refractivity contribution is -0.113. The van der Waals surface area contributed by atoms with Crippen molar-refractivity contribution in [2.24, 2.45) is 0 Å². The summed E-state index contributed by atoms with van der Waals surface area (Å²) in [5, 5.41) is 9.21. The van der Waals surface area contributed by atoms with E-state index in [1.165, 1.54) is 0 Å². The highest BCUT2D eigenvalue weighted by atomic mass is 35.5. The largest absolute Gasteiger partial charge is 0.327 e. The van der Waals surface area contributed by atoms with Gasteiger partial charge in [0.05, 0.1) is 11.6 Å². The molecule has 0 spiro atoms. The Morgan fingerprint density at radius 1 is 1.11 bits per heavy atom. The van der Waals surface area contributed by atoms with Crippen LogP contribution in [0.2, 0.25) is 10.0 Å². The van der Waals surface area contributed by atoms with E-state index in [1.54, 1.807) is 25.1 Å². The third kappa shape index (κ3) is 3.94. The van der Waals surface area contributed by atoms with E-state index in [0.717, 1.165) is 16.8 Å². The molecule has 0 bridgehead atoms. The summed E-state index contributed by atoms with van der Waals surface area (Å²) in [5.74, 6) is -0.315. The van der Waals surface area contributed by atoms with Crippen LogP contribution in [0.1, 0.15) is 29.7 Å². The molecule has 27 heavy (non-hydrogen) atoms. The molecule has 0 saturated heterocycles. The van der Waals surface area contributed by atoms with Gasteiger partial charge in [0, 0.05) is 21.4 Å². The second-order valence-corrected chi connectivity index (χ2v) is 7.28. The summed E-state index contributed by atoms with van der Waals surface area (Å²) in [7, 11) is 0. The molecule has 3 amide bonds. The highest BCUT2D eigenvalue weighted by Gasteiger charge is 2.32. The minimum Gasteiger partial charge on any atom is -0.327 e. The number of urea groups is 1. The highest BCUT2D eigenvalue weighted by molar-refractivity contribution is 6.35. The number of hydrogen-bond acceptors (Lipinski definition) is 2. The lowest BCUT2D eigenvalue weighted by atomic mass is 9.94. The van der Waals surface area contributed by atoms with Crippen LogP contribution in [0.25, 0.3) is 0 Å². The van der Waals surface area contributed by atoms with Gasteiger partial charge in [-0.2, -0.15) is 0 Å². The van der Waals surface area contributed by atoms with Gasteiger partial charge in [-0.25, -0.2) is 4.79 Å². The topological polar surface area (TPSA) is 70.2 Å². The summed E-state index contributed by atoms with van der Waals surface area (Å²) in [6.45, 7) is 5.61. The highest BCUT2D eigenvalue weighted by Crippen LogP contribution is 2.34. The van der Waals surface area contributed by atoms with Crippen LogP contribution in [0.5, 0.6) is 0 Å². The second-order valence-electron chi connectivity index (χ2n) is 6.44. The maximum atomic E-state index is 13.1. The van der Waals surface area contributed by atoms with Crippen LogP contribution in [0.4, 0.5) is 10.5 Å². The van der Waals surface area contributed by atoms with Crippen LogP contribution >= 0.6 is 23.2 Å². The van der Waals surface area contributed by atoms with Crippen molar-refractivity contribution in [2.45, 2.75) is 26.8 Å². The molecule has 1 aliphatic rings. The molecular weight excluding hydrogens is 385 g/mol. The number of aryl methyl sites for hydroxylation is 1. The predicted octanol–water partition coefficient (Wildman–Crippen LogP) is 4.88. The van der Waals surface area contributed by atoms with Crippen LogP contribution < -0.4 is 16.0 Å². The van der Waals surface area contributed by atoms with Gasteiger partial charge in [-0.1, -0.05) is 41.4 Å². The first-order valence-corrected chi connectivity index (χ1v) is 9.14. The molecule has 3 rings (SSSR count). The molecule has 0 unspecified atom stereocenters. The molecular formula is C20H19Cl2N3O2. The number of benzene rings is 2. The van der Waals surface area contributed by atoms with Gasteiger partial charge in [-0.05, 0) is 55.7 Å². The molecule has 2 aromatic carbocycles. The third-order valence-electron chi connectivity index (χ3n) is 4.64. The van der Waals surface area contributed by atoms with Crippen molar-refractivity contribution in [3.05, 3.63) is 74.4 Å². The van der Waals surface area contributed by atoms with E-state index in [4.69, 9.17) is 23.2 Å². The Kier molecular flexibility index (Phi) is 5.44. The number of allylic oxidation sites excluding steroid dienone is 1. The fourth-order valence-electron chi connectivity index (χ4n) is 3.04. The molecule has 2 aromatic rings. The van der Waals surface area contributed by atoms with E-state index in [2.05, 4.69) is 16.0 Å².